The third kappa shape index (κ3) is 5.99. The summed E-state index contributed by atoms with van der Waals surface area (Å²) in [6.45, 7) is 0.445. The maximum absolute atomic E-state index is 12.9. The number of halogens is 2. The molecule has 0 unspecified atom stereocenters. The highest BCUT2D eigenvalue weighted by atomic mass is 35.5. The van der Waals surface area contributed by atoms with E-state index in [0.29, 0.717) is 18.1 Å². The molecule has 0 aliphatic rings. The summed E-state index contributed by atoms with van der Waals surface area (Å²) < 4.78 is 5.54. The first-order valence-corrected chi connectivity index (χ1v) is 9.90. The summed E-state index contributed by atoms with van der Waals surface area (Å²) >= 11 is 11.8. The summed E-state index contributed by atoms with van der Waals surface area (Å²) in [4.78, 5) is 26.0. The molecule has 0 saturated carbocycles. The van der Waals surface area contributed by atoms with Gasteiger partial charge in [0.05, 0.1) is 0 Å². The highest BCUT2D eigenvalue weighted by molar-refractivity contribution is 6.31. The summed E-state index contributed by atoms with van der Waals surface area (Å²) in [5, 5.41) is 10.2. The number of nitrogens with zero attached hydrogens (tertiary/aromatic N) is 1. The molecule has 3 aromatic rings. The highest BCUT2D eigenvalue weighted by Gasteiger charge is 2.18. The molecule has 0 heterocycles. The van der Waals surface area contributed by atoms with Crippen LogP contribution in [-0.4, -0.2) is 28.5 Å². The standard InChI is InChI=1S/C23H19Cl2NO4/c24-18-8-6-17(7-9-18)14-26(13-16-4-2-1-3-5-16)22(27)15-30-21-11-10-19(25)12-20(21)23(28)29/h1-12H,13-15H2,(H,28,29). The zero-order valence-corrected chi connectivity index (χ0v) is 17.4. The number of carboxylic acid groups (broad SMARTS) is 1. The van der Waals surface area contributed by atoms with E-state index in [1.807, 2.05) is 42.5 Å². The van der Waals surface area contributed by atoms with Crippen LogP contribution in [0.25, 0.3) is 0 Å². The Balaban J connectivity index is 1.76. The SMILES string of the molecule is O=C(O)c1cc(Cl)ccc1OCC(=O)N(Cc1ccccc1)Cc1ccc(Cl)cc1. The van der Waals surface area contributed by atoms with Crippen LogP contribution in [0.2, 0.25) is 10.0 Å². The molecule has 3 rings (SSSR count). The Kier molecular flexibility index (Phi) is 7.33. The van der Waals surface area contributed by atoms with E-state index in [0.717, 1.165) is 11.1 Å². The molecule has 154 valence electrons. The van der Waals surface area contributed by atoms with Gasteiger partial charge in [-0.1, -0.05) is 65.7 Å². The Bertz CT molecular complexity index is 1020. The zero-order chi connectivity index (χ0) is 21.5. The van der Waals surface area contributed by atoms with E-state index >= 15 is 0 Å². The molecule has 1 amide bonds. The molecular formula is C23H19Cl2NO4. The van der Waals surface area contributed by atoms with Crippen molar-refractivity contribution in [3.63, 3.8) is 0 Å². The quantitative estimate of drug-likeness (QED) is 0.512. The van der Waals surface area contributed by atoms with Gasteiger partial charge in [-0.05, 0) is 41.5 Å². The van der Waals surface area contributed by atoms with E-state index in [9.17, 15) is 14.7 Å². The monoisotopic (exact) mass is 443 g/mol. The number of rotatable bonds is 8. The van der Waals surface area contributed by atoms with Crippen molar-refractivity contribution in [2.45, 2.75) is 13.1 Å². The van der Waals surface area contributed by atoms with Crippen molar-refractivity contribution >= 4 is 35.1 Å². The lowest BCUT2D eigenvalue weighted by atomic mass is 10.1. The smallest absolute Gasteiger partial charge is 0.339 e. The van der Waals surface area contributed by atoms with E-state index in [4.69, 9.17) is 27.9 Å². The summed E-state index contributed by atoms with van der Waals surface area (Å²) in [5.74, 6) is -1.37. The van der Waals surface area contributed by atoms with E-state index in [1.54, 1.807) is 17.0 Å². The van der Waals surface area contributed by atoms with E-state index in [2.05, 4.69) is 0 Å². The minimum Gasteiger partial charge on any atom is -0.483 e. The minimum absolute atomic E-state index is 0.0893. The molecule has 0 bridgehead atoms. The van der Waals surface area contributed by atoms with Crippen LogP contribution in [0.3, 0.4) is 0 Å². The molecule has 0 radical (unpaired) electrons. The molecule has 0 spiro atoms. The van der Waals surface area contributed by atoms with Gasteiger partial charge in [-0.3, -0.25) is 4.79 Å². The summed E-state index contributed by atoms with van der Waals surface area (Å²) in [5.41, 5.74) is 1.79. The largest absolute Gasteiger partial charge is 0.483 e. The molecule has 7 heteroatoms. The molecule has 0 aromatic heterocycles. The molecule has 1 N–H and O–H groups in total. The summed E-state index contributed by atoms with van der Waals surface area (Å²) in [7, 11) is 0. The van der Waals surface area contributed by atoms with Gasteiger partial charge < -0.3 is 14.7 Å². The van der Waals surface area contributed by atoms with Crippen LogP contribution >= 0.6 is 23.2 Å². The van der Waals surface area contributed by atoms with Gasteiger partial charge >= 0.3 is 5.97 Å². The van der Waals surface area contributed by atoms with Crippen molar-refractivity contribution < 1.29 is 19.4 Å². The number of amides is 1. The van der Waals surface area contributed by atoms with Crippen molar-refractivity contribution in [1.29, 1.82) is 0 Å². The Hall–Kier alpha value is -3.02. The normalized spacial score (nSPS) is 10.5. The van der Waals surface area contributed by atoms with Gasteiger partial charge in [0.2, 0.25) is 0 Å². The average molecular weight is 444 g/mol. The molecule has 0 aliphatic carbocycles. The highest BCUT2D eigenvalue weighted by Crippen LogP contribution is 2.23. The molecule has 0 aliphatic heterocycles. The van der Waals surface area contributed by atoms with E-state index in [1.165, 1.54) is 18.2 Å². The van der Waals surface area contributed by atoms with Crippen LogP contribution in [0.15, 0.2) is 72.8 Å². The molecule has 3 aromatic carbocycles. The summed E-state index contributed by atoms with van der Waals surface area (Å²) in [6.07, 6.45) is 0. The van der Waals surface area contributed by atoms with Gasteiger partial charge in [-0.2, -0.15) is 0 Å². The zero-order valence-electron chi connectivity index (χ0n) is 15.9. The Morgan fingerprint density at radius 1 is 0.833 bits per heavy atom. The molecule has 0 atom stereocenters. The number of carbonyl (C=O) groups is 2. The second-order valence-corrected chi connectivity index (χ2v) is 7.47. The number of ether oxygens (including phenoxy) is 1. The Morgan fingerprint density at radius 3 is 2.07 bits per heavy atom. The maximum Gasteiger partial charge on any atom is 0.339 e. The van der Waals surface area contributed by atoms with Crippen LogP contribution in [-0.2, 0) is 17.9 Å². The third-order valence-corrected chi connectivity index (χ3v) is 4.87. The molecule has 5 nitrogen and oxygen atoms in total. The molecule has 30 heavy (non-hydrogen) atoms. The number of carboxylic acids is 1. The minimum atomic E-state index is -1.18. The van der Waals surface area contributed by atoms with Crippen molar-refractivity contribution in [1.82, 2.24) is 4.90 Å². The van der Waals surface area contributed by atoms with Crippen LogP contribution in [0.1, 0.15) is 21.5 Å². The first-order chi connectivity index (χ1) is 14.4. The van der Waals surface area contributed by atoms with Crippen LogP contribution in [0.5, 0.6) is 5.75 Å². The first-order valence-electron chi connectivity index (χ1n) is 9.14. The van der Waals surface area contributed by atoms with Crippen molar-refractivity contribution in [2.75, 3.05) is 6.61 Å². The first kappa shape index (κ1) is 21.7. The van der Waals surface area contributed by atoms with Crippen LogP contribution in [0, 0.1) is 0 Å². The van der Waals surface area contributed by atoms with Crippen molar-refractivity contribution in [3.8, 4) is 5.75 Å². The van der Waals surface area contributed by atoms with Crippen LogP contribution in [0.4, 0.5) is 0 Å². The number of hydrogen-bond donors (Lipinski definition) is 1. The lowest BCUT2D eigenvalue weighted by molar-refractivity contribution is -0.134. The molecular weight excluding hydrogens is 425 g/mol. The Labute approximate surface area is 184 Å². The number of carbonyl (C=O) groups excluding carboxylic acids is 1. The number of aromatic carboxylic acids is 1. The van der Waals surface area contributed by atoms with Gasteiger partial charge in [-0.25, -0.2) is 4.79 Å². The van der Waals surface area contributed by atoms with Gasteiger partial charge in [0, 0.05) is 23.1 Å². The van der Waals surface area contributed by atoms with Gasteiger partial charge in [-0.15, -0.1) is 0 Å². The van der Waals surface area contributed by atoms with E-state index < -0.39 is 5.97 Å². The fourth-order valence-electron chi connectivity index (χ4n) is 2.87. The lowest BCUT2D eigenvalue weighted by Gasteiger charge is -2.23. The molecule has 0 fully saturated rings. The number of benzene rings is 3. The van der Waals surface area contributed by atoms with Gasteiger partial charge in [0.1, 0.15) is 11.3 Å². The third-order valence-electron chi connectivity index (χ3n) is 4.38. The van der Waals surface area contributed by atoms with Gasteiger partial charge in [0.25, 0.3) is 5.91 Å². The topological polar surface area (TPSA) is 66.8 Å². The van der Waals surface area contributed by atoms with Crippen molar-refractivity contribution in [2.24, 2.45) is 0 Å². The average Bonchev–Trinajstić information content (AvgIpc) is 2.74. The lowest BCUT2D eigenvalue weighted by Crippen LogP contribution is -2.34. The fraction of sp³-hybridized carbons (Fsp3) is 0.130. The number of hydrogen-bond acceptors (Lipinski definition) is 3. The maximum atomic E-state index is 12.9. The predicted molar refractivity (Wildman–Crippen MR) is 116 cm³/mol. The Morgan fingerprint density at radius 2 is 1.43 bits per heavy atom. The summed E-state index contributed by atoms with van der Waals surface area (Å²) in [6, 6.07) is 21.1. The molecule has 0 saturated heterocycles. The predicted octanol–water partition coefficient (Wildman–Crippen LogP) is 5.30. The second kappa shape index (κ2) is 10.1. The van der Waals surface area contributed by atoms with Crippen molar-refractivity contribution in [3.05, 3.63) is 99.5 Å². The van der Waals surface area contributed by atoms with Crippen LogP contribution < -0.4 is 4.74 Å². The fourth-order valence-corrected chi connectivity index (χ4v) is 3.17. The van der Waals surface area contributed by atoms with E-state index in [-0.39, 0.29) is 28.8 Å². The van der Waals surface area contributed by atoms with Gasteiger partial charge in [0.15, 0.2) is 6.61 Å². The second-order valence-electron chi connectivity index (χ2n) is 6.60.